The minimum atomic E-state index is -0.536. The summed E-state index contributed by atoms with van der Waals surface area (Å²) in [6.07, 6.45) is 0.305. The van der Waals surface area contributed by atoms with Gasteiger partial charge in [0.2, 0.25) is 0 Å². The van der Waals surface area contributed by atoms with Gasteiger partial charge in [-0.15, -0.1) is 0 Å². The van der Waals surface area contributed by atoms with Crippen LogP contribution in [-0.4, -0.2) is 11.9 Å². The number of carbonyl (C=O) groups is 2. The van der Waals surface area contributed by atoms with Crippen LogP contribution in [0.1, 0.15) is 27.2 Å². The number of rotatable bonds is 2. The molecule has 0 amide bonds. The molecule has 0 aromatic heterocycles. The maximum absolute atomic E-state index is 10.6. The summed E-state index contributed by atoms with van der Waals surface area (Å²) in [7, 11) is 0. The van der Waals surface area contributed by atoms with Gasteiger partial charge in [0.1, 0.15) is 0 Å². The monoisotopic (exact) mass is 144 g/mol. The smallest absolute Gasteiger partial charge is 0.313 e. The third kappa shape index (κ3) is 5.28. The second kappa shape index (κ2) is 4.04. The number of ether oxygens (including phenoxy) is 1. The lowest BCUT2D eigenvalue weighted by atomic mass is 10.1. The fourth-order valence-corrected chi connectivity index (χ4v) is 0.535. The van der Waals surface area contributed by atoms with Gasteiger partial charge in [0.15, 0.2) is 0 Å². The molecule has 0 aliphatic rings. The third-order valence-electron chi connectivity index (χ3n) is 0.832. The predicted molar refractivity (Wildman–Crippen MR) is 36.2 cm³/mol. The molecule has 0 heterocycles. The highest BCUT2D eigenvalue weighted by atomic mass is 16.6. The van der Waals surface area contributed by atoms with E-state index in [9.17, 15) is 9.59 Å². The van der Waals surface area contributed by atoms with Crippen molar-refractivity contribution in [3.8, 4) is 0 Å². The van der Waals surface area contributed by atoms with Crippen molar-refractivity contribution in [1.82, 2.24) is 0 Å². The van der Waals surface area contributed by atoms with Crippen LogP contribution in [-0.2, 0) is 14.3 Å². The summed E-state index contributed by atoms with van der Waals surface area (Å²) in [5.41, 5.74) is 0. The lowest BCUT2D eigenvalue weighted by molar-refractivity contribution is -0.158. The van der Waals surface area contributed by atoms with Crippen LogP contribution in [0.15, 0.2) is 0 Å². The maximum atomic E-state index is 10.6. The van der Waals surface area contributed by atoms with Crippen LogP contribution < -0.4 is 0 Å². The number of carbonyl (C=O) groups excluding carboxylic acids is 2. The van der Waals surface area contributed by atoms with E-state index in [2.05, 4.69) is 4.74 Å². The minimum Gasteiger partial charge on any atom is -0.393 e. The standard InChI is InChI=1S/C7H12O3/c1-5(2)4-7(9)10-6(3)8/h5H,4H2,1-3H3. The van der Waals surface area contributed by atoms with Gasteiger partial charge in [-0.2, -0.15) is 0 Å². The van der Waals surface area contributed by atoms with Crippen molar-refractivity contribution in [3.05, 3.63) is 0 Å². The maximum Gasteiger partial charge on any atom is 0.313 e. The Morgan fingerprint density at radius 3 is 2.20 bits per heavy atom. The van der Waals surface area contributed by atoms with Crippen LogP contribution in [0, 0.1) is 5.92 Å². The molecule has 0 unspecified atom stereocenters. The number of hydrogen-bond donors (Lipinski definition) is 0. The van der Waals surface area contributed by atoms with Crippen molar-refractivity contribution in [2.75, 3.05) is 0 Å². The molecule has 0 rings (SSSR count). The molecule has 0 saturated carbocycles. The van der Waals surface area contributed by atoms with Crippen molar-refractivity contribution in [1.29, 1.82) is 0 Å². The van der Waals surface area contributed by atoms with Gasteiger partial charge >= 0.3 is 11.9 Å². The summed E-state index contributed by atoms with van der Waals surface area (Å²) >= 11 is 0. The van der Waals surface area contributed by atoms with Crippen LogP contribution in [0.4, 0.5) is 0 Å². The largest absolute Gasteiger partial charge is 0.393 e. The summed E-state index contributed by atoms with van der Waals surface area (Å²) in [5, 5.41) is 0. The number of esters is 2. The summed E-state index contributed by atoms with van der Waals surface area (Å²) in [6, 6.07) is 0. The van der Waals surface area contributed by atoms with E-state index in [-0.39, 0.29) is 5.92 Å². The van der Waals surface area contributed by atoms with E-state index in [0.29, 0.717) is 6.42 Å². The first kappa shape index (κ1) is 9.14. The van der Waals surface area contributed by atoms with Crippen LogP contribution in [0.2, 0.25) is 0 Å². The first-order chi connectivity index (χ1) is 4.52. The zero-order valence-electron chi connectivity index (χ0n) is 6.51. The fraction of sp³-hybridized carbons (Fsp3) is 0.714. The normalized spacial score (nSPS) is 9.60. The Morgan fingerprint density at radius 1 is 1.40 bits per heavy atom. The zero-order valence-corrected chi connectivity index (χ0v) is 6.51. The Balaban J connectivity index is 3.54. The van der Waals surface area contributed by atoms with Crippen LogP contribution in [0.3, 0.4) is 0 Å². The first-order valence-corrected chi connectivity index (χ1v) is 3.23. The summed E-state index contributed by atoms with van der Waals surface area (Å²) in [6.45, 7) is 5.00. The second-order valence-electron chi connectivity index (χ2n) is 2.56. The molecule has 58 valence electrons. The summed E-state index contributed by atoms with van der Waals surface area (Å²) in [5.74, 6) is -0.736. The highest BCUT2D eigenvalue weighted by Crippen LogP contribution is 2.00. The van der Waals surface area contributed by atoms with E-state index in [1.165, 1.54) is 6.92 Å². The summed E-state index contributed by atoms with van der Waals surface area (Å²) in [4.78, 5) is 20.8. The quantitative estimate of drug-likeness (QED) is 0.431. The fourth-order valence-electron chi connectivity index (χ4n) is 0.535. The van der Waals surface area contributed by atoms with Gasteiger partial charge in [-0.05, 0) is 5.92 Å². The molecule has 0 aromatic carbocycles. The van der Waals surface area contributed by atoms with Gasteiger partial charge < -0.3 is 4.74 Å². The molecular weight excluding hydrogens is 132 g/mol. The summed E-state index contributed by atoms with van der Waals surface area (Å²) < 4.78 is 4.28. The van der Waals surface area contributed by atoms with Crippen LogP contribution in [0.5, 0.6) is 0 Å². The third-order valence-corrected chi connectivity index (χ3v) is 0.832. The minimum absolute atomic E-state index is 0.242. The molecule has 0 atom stereocenters. The predicted octanol–water partition coefficient (Wildman–Crippen LogP) is 1.12. The Hall–Kier alpha value is -0.860. The van der Waals surface area contributed by atoms with Gasteiger partial charge in [0.25, 0.3) is 0 Å². The molecular formula is C7H12O3. The van der Waals surface area contributed by atoms with Crippen LogP contribution in [0.25, 0.3) is 0 Å². The SMILES string of the molecule is CC(=O)OC(=O)CC(C)C. The van der Waals surface area contributed by atoms with Crippen molar-refractivity contribution < 1.29 is 14.3 Å². The number of hydrogen-bond acceptors (Lipinski definition) is 3. The van der Waals surface area contributed by atoms with Gasteiger partial charge in [0.05, 0.1) is 0 Å². The molecule has 3 nitrogen and oxygen atoms in total. The van der Waals surface area contributed by atoms with Crippen molar-refractivity contribution in [2.45, 2.75) is 27.2 Å². The van der Waals surface area contributed by atoms with Crippen molar-refractivity contribution in [2.24, 2.45) is 5.92 Å². The molecule has 0 N–H and O–H groups in total. The van der Waals surface area contributed by atoms with E-state index < -0.39 is 11.9 Å². The highest BCUT2D eigenvalue weighted by molar-refractivity contribution is 5.84. The van der Waals surface area contributed by atoms with Gasteiger partial charge in [-0.3, -0.25) is 9.59 Å². The van der Waals surface area contributed by atoms with Gasteiger partial charge in [-0.25, -0.2) is 0 Å². The Kier molecular flexibility index (Phi) is 3.69. The zero-order chi connectivity index (χ0) is 8.15. The van der Waals surface area contributed by atoms with E-state index >= 15 is 0 Å². The molecule has 0 radical (unpaired) electrons. The molecule has 0 fully saturated rings. The van der Waals surface area contributed by atoms with Gasteiger partial charge in [0, 0.05) is 13.3 Å². The van der Waals surface area contributed by atoms with E-state index in [1.807, 2.05) is 13.8 Å². The molecule has 3 heteroatoms. The van der Waals surface area contributed by atoms with Crippen molar-refractivity contribution in [3.63, 3.8) is 0 Å². The van der Waals surface area contributed by atoms with E-state index in [4.69, 9.17) is 0 Å². The molecule has 0 aliphatic heterocycles. The van der Waals surface area contributed by atoms with Gasteiger partial charge in [-0.1, -0.05) is 13.8 Å². The second-order valence-corrected chi connectivity index (χ2v) is 2.56. The average molecular weight is 144 g/mol. The van der Waals surface area contributed by atoms with Crippen molar-refractivity contribution >= 4 is 11.9 Å². The van der Waals surface area contributed by atoms with E-state index in [1.54, 1.807) is 0 Å². The van der Waals surface area contributed by atoms with Crippen LogP contribution >= 0.6 is 0 Å². The topological polar surface area (TPSA) is 43.4 Å². The molecule has 0 spiro atoms. The Labute approximate surface area is 60.4 Å². The Morgan fingerprint density at radius 2 is 1.90 bits per heavy atom. The molecule has 10 heavy (non-hydrogen) atoms. The molecule has 0 aliphatic carbocycles. The highest BCUT2D eigenvalue weighted by Gasteiger charge is 2.07. The molecule has 0 saturated heterocycles. The Bertz CT molecular complexity index is 138. The first-order valence-electron chi connectivity index (χ1n) is 3.23. The lowest BCUT2D eigenvalue weighted by Gasteiger charge is -2.01. The average Bonchev–Trinajstić information content (AvgIpc) is 1.58. The lowest BCUT2D eigenvalue weighted by Crippen LogP contribution is -2.10. The molecule has 0 aromatic rings. The van der Waals surface area contributed by atoms with E-state index in [0.717, 1.165) is 0 Å². The molecule has 0 bridgehead atoms.